The molecule has 0 radical (unpaired) electrons. The van der Waals surface area contributed by atoms with Gasteiger partial charge in [-0.1, -0.05) is 12.1 Å². The topological polar surface area (TPSA) is 40.7 Å². The molecule has 3 aromatic rings. The van der Waals surface area contributed by atoms with E-state index >= 15 is 0 Å². The number of hydrogen-bond acceptors (Lipinski definition) is 2. The van der Waals surface area contributed by atoms with E-state index in [1.807, 2.05) is 12.1 Å². The maximum atomic E-state index is 13.2. The first-order valence-electron chi connectivity index (χ1n) is 9.04. The molecule has 0 amide bonds. The molecule has 2 aromatic heterocycles. The SMILES string of the molecule is FC(F)(F)c1cccc(-c2[nH]c(C3CCNCC3)cc2-c2ccncc2)c1. The van der Waals surface area contributed by atoms with Gasteiger partial charge >= 0.3 is 6.18 Å². The summed E-state index contributed by atoms with van der Waals surface area (Å²) >= 11 is 0. The van der Waals surface area contributed by atoms with E-state index in [4.69, 9.17) is 0 Å². The van der Waals surface area contributed by atoms with Crippen molar-refractivity contribution < 1.29 is 13.2 Å². The largest absolute Gasteiger partial charge is 0.416 e. The molecule has 0 unspecified atom stereocenters. The van der Waals surface area contributed by atoms with Crippen molar-refractivity contribution in [1.29, 1.82) is 0 Å². The minimum atomic E-state index is -4.36. The lowest BCUT2D eigenvalue weighted by Crippen LogP contribution is -2.26. The number of rotatable bonds is 3. The smallest absolute Gasteiger partial charge is 0.358 e. The zero-order valence-corrected chi connectivity index (χ0v) is 14.7. The second-order valence-corrected chi connectivity index (χ2v) is 6.85. The molecule has 3 nitrogen and oxygen atoms in total. The number of nitrogens with zero attached hydrogens (tertiary/aromatic N) is 1. The van der Waals surface area contributed by atoms with Crippen LogP contribution in [0.1, 0.15) is 30.0 Å². The normalized spacial score (nSPS) is 15.8. The Bertz CT molecular complexity index is 910. The van der Waals surface area contributed by atoms with Crippen LogP contribution in [0.4, 0.5) is 13.2 Å². The van der Waals surface area contributed by atoms with E-state index in [9.17, 15) is 13.2 Å². The summed E-state index contributed by atoms with van der Waals surface area (Å²) in [6.45, 7) is 1.90. The Labute approximate surface area is 155 Å². The number of H-pyrrole nitrogens is 1. The molecule has 2 N–H and O–H groups in total. The fourth-order valence-electron chi connectivity index (χ4n) is 3.67. The summed E-state index contributed by atoms with van der Waals surface area (Å²) in [5, 5.41) is 3.35. The van der Waals surface area contributed by atoms with Crippen molar-refractivity contribution in [1.82, 2.24) is 15.3 Å². The van der Waals surface area contributed by atoms with Gasteiger partial charge in [-0.3, -0.25) is 4.98 Å². The summed E-state index contributed by atoms with van der Waals surface area (Å²) in [6.07, 6.45) is 1.05. The van der Waals surface area contributed by atoms with Crippen LogP contribution in [0.25, 0.3) is 22.4 Å². The van der Waals surface area contributed by atoms with E-state index in [2.05, 4.69) is 21.4 Å². The van der Waals surface area contributed by atoms with Gasteiger partial charge in [-0.15, -0.1) is 0 Å². The van der Waals surface area contributed by atoms with Crippen molar-refractivity contribution >= 4 is 0 Å². The predicted octanol–water partition coefficient (Wildman–Crippen LogP) is 5.23. The zero-order chi connectivity index (χ0) is 18.9. The van der Waals surface area contributed by atoms with Gasteiger partial charge in [-0.05, 0) is 67.4 Å². The van der Waals surface area contributed by atoms with Crippen LogP contribution in [-0.2, 0) is 6.18 Å². The molecule has 1 saturated heterocycles. The quantitative estimate of drug-likeness (QED) is 0.662. The Morgan fingerprint density at radius 2 is 1.67 bits per heavy atom. The Hall–Kier alpha value is -2.60. The van der Waals surface area contributed by atoms with E-state index in [0.29, 0.717) is 11.5 Å². The highest BCUT2D eigenvalue weighted by atomic mass is 19.4. The second kappa shape index (κ2) is 7.19. The maximum Gasteiger partial charge on any atom is 0.416 e. The molecule has 1 fully saturated rings. The molecular weight excluding hydrogens is 351 g/mol. The first-order valence-corrected chi connectivity index (χ1v) is 9.04. The number of pyridine rings is 1. The highest BCUT2D eigenvalue weighted by Gasteiger charge is 2.31. The molecule has 3 heterocycles. The third-order valence-corrected chi connectivity index (χ3v) is 5.09. The highest BCUT2D eigenvalue weighted by Crippen LogP contribution is 2.38. The number of halogens is 3. The van der Waals surface area contributed by atoms with Gasteiger partial charge in [0.1, 0.15) is 0 Å². The monoisotopic (exact) mass is 371 g/mol. The number of nitrogens with one attached hydrogen (secondary N) is 2. The van der Waals surface area contributed by atoms with Crippen LogP contribution in [0.3, 0.4) is 0 Å². The lowest BCUT2D eigenvalue weighted by Gasteiger charge is -2.21. The van der Waals surface area contributed by atoms with Crippen LogP contribution in [0.5, 0.6) is 0 Å². The van der Waals surface area contributed by atoms with Gasteiger partial charge in [-0.2, -0.15) is 13.2 Å². The van der Waals surface area contributed by atoms with Crippen LogP contribution >= 0.6 is 0 Å². The predicted molar refractivity (Wildman–Crippen MR) is 99.3 cm³/mol. The fraction of sp³-hybridized carbons (Fsp3) is 0.286. The Kier molecular flexibility index (Phi) is 4.74. The van der Waals surface area contributed by atoms with Crippen molar-refractivity contribution in [2.24, 2.45) is 0 Å². The summed E-state index contributed by atoms with van der Waals surface area (Å²) in [5.74, 6) is 0.381. The third-order valence-electron chi connectivity index (χ3n) is 5.09. The van der Waals surface area contributed by atoms with E-state index in [1.54, 1.807) is 18.5 Å². The van der Waals surface area contributed by atoms with Gasteiger partial charge in [-0.25, -0.2) is 0 Å². The minimum Gasteiger partial charge on any atom is -0.358 e. The Morgan fingerprint density at radius 3 is 2.37 bits per heavy atom. The van der Waals surface area contributed by atoms with Gasteiger partial charge in [0.25, 0.3) is 0 Å². The summed E-state index contributed by atoms with van der Waals surface area (Å²) < 4.78 is 39.5. The number of aromatic nitrogens is 2. The number of benzene rings is 1. The van der Waals surface area contributed by atoms with Crippen molar-refractivity contribution in [3.05, 3.63) is 66.1 Å². The molecule has 1 aliphatic rings. The average Bonchev–Trinajstić information content (AvgIpc) is 3.14. The van der Waals surface area contributed by atoms with Crippen LogP contribution in [-0.4, -0.2) is 23.1 Å². The van der Waals surface area contributed by atoms with Crippen LogP contribution in [0, 0.1) is 0 Å². The van der Waals surface area contributed by atoms with Crippen molar-refractivity contribution in [3.8, 4) is 22.4 Å². The van der Waals surface area contributed by atoms with Gasteiger partial charge in [0, 0.05) is 29.6 Å². The lowest BCUT2D eigenvalue weighted by molar-refractivity contribution is -0.137. The average molecular weight is 371 g/mol. The highest BCUT2D eigenvalue weighted by molar-refractivity contribution is 5.82. The Balaban J connectivity index is 1.82. The molecule has 1 aliphatic heterocycles. The summed E-state index contributed by atoms with van der Waals surface area (Å²) in [7, 11) is 0. The van der Waals surface area contributed by atoms with Gasteiger partial charge < -0.3 is 10.3 Å². The van der Waals surface area contributed by atoms with Gasteiger partial charge in [0.2, 0.25) is 0 Å². The standard InChI is InChI=1S/C21H20F3N3/c22-21(23,24)17-3-1-2-16(12-17)20-18(14-4-8-25-9-5-14)13-19(27-20)15-6-10-26-11-7-15/h1-5,8-9,12-13,15,26-27H,6-7,10-11H2. The van der Waals surface area contributed by atoms with E-state index in [0.717, 1.165) is 54.5 Å². The minimum absolute atomic E-state index is 0.381. The molecule has 1 aromatic carbocycles. The zero-order valence-electron chi connectivity index (χ0n) is 14.7. The number of aromatic amines is 1. The van der Waals surface area contributed by atoms with Gasteiger partial charge in [0.05, 0.1) is 11.3 Å². The molecule has 0 bridgehead atoms. The van der Waals surface area contributed by atoms with E-state index in [-0.39, 0.29) is 0 Å². The van der Waals surface area contributed by atoms with Crippen molar-refractivity contribution in [3.63, 3.8) is 0 Å². The third kappa shape index (κ3) is 3.76. The molecular formula is C21H20F3N3. The summed E-state index contributed by atoms with van der Waals surface area (Å²) in [5.41, 5.74) is 3.55. The molecule has 0 saturated carbocycles. The second-order valence-electron chi connectivity index (χ2n) is 6.85. The van der Waals surface area contributed by atoms with Crippen LogP contribution in [0.15, 0.2) is 54.9 Å². The molecule has 140 valence electrons. The summed E-state index contributed by atoms with van der Waals surface area (Å²) in [6, 6.07) is 11.3. The molecule has 6 heteroatoms. The molecule has 0 aliphatic carbocycles. The number of piperidine rings is 1. The van der Waals surface area contributed by atoms with Crippen molar-refractivity contribution in [2.75, 3.05) is 13.1 Å². The lowest BCUT2D eigenvalue weighted by atomic mass is 9.94. The molecule has 0 spiro atoms. The van der Waals surface area contributed by atoms with Crippen molar-refractivity contribution in [2.45, 2.75) is 24.9 Å². The van der Waals surface area contributed by atoms with E-state index in [1.165, 1.54) is 12.1 Å². The first kappa shape index (κ1) is 17.8. The fourth-order valence-corrected chi connectivity index (χ4v) is 3.67. The first-order chi connectivity index (χ1) is 13.0. The number of alkyl halides is 3. The number of hydrogen-bond donors (Lipinski definition) is 2. The molecule has 0 atom stereocenters. The summed E-state index contributed by atoms with van der Waals surface area (Å²) in [4.78, 5) is 7.48. The maximum absolute atomic E-state index is 13.2. The van der Waals surface area contributed by atoms with E-state index < -0.39 is 11.7 Å². The van der Waals surface area contributed by atoms with Crippen LogP contribution in [0.2, 0.25) is 0 Å². The van der Waals surface area contributed by atoms with Crippen LogP contribution < -0.4 is 5.32 Å². The molecule has 4 rings (SSSR count). The van der Waals surface area contributed by atoms with Gasteiger partial charge in [0.15, 0.2) is 0 Å². The Morgan fingerprint density at radius 1 is 0.926 bits per heavy atom. The molecule has 27 heavy (non-hydrogen) atoms.